The van der Waals surface area contributed by atoms with E-state index in [2.05, 4.69) is 11.0 Å². The molecule has 0 fully saturated rings. The van der Waals surface area contributed by atoms with Gasteiger partial charge >= 0.3 is 6.09 Å². The summed E-state index contributed by atoms with van der Waals surface area (Å²) in [6.45, 7) is 9.74. The molecule has 0 spiro atoms. The molecule has 150 valence electrons. The molecule has 1 amide bonds. The highest BCUT2D eigenvalue weighted by Gasteiger charge is 2.29. The number of carbonyl (C=O) groups excluding carboxylic acids is 1. The summed E-state index contributed by atoms with van der Waals surface area (Å²) in [7, 11) is 1.70. The van der Waals surface area contributed by atoms with Gasteiger partial charge in [0.2, 0.25) is 0 Å². The first-order chi connectivity index (χ1) is 12.8. The molecule has 0 saturated carbocycles. The zero-order valence-electron chi connectivity index (χ0n) is 16.6. The number of fused-ring (bicyclic) bond motifs is 2. The van der Waals surface area contributed by atoms with Crippen LogP contribution in [0.25, 0.3) is 0 Å². The van der Waals surface area contributed by atoms with Gasteiger partial charge in [-0.1, -0.05) is 11.6 Å². The van der Waals surface area contributed by atoms with Gasteiger partial charge in [0, 0.05) is 26.7 Å². The van der Waals surface area contributed by atoms with Gasteiger partial charge in [0.25, 0.3) is 0 Å². The number of methoxy groups -OCH3 is 1. The molecule has 7 heteroatoms. The first-order valence-corrected chi connectivity index (χ1v) is 9.87. The molecule has 27 heavy (non-hydrogen) atoms. The number of carbonyl (C=O) groups is 1. The van der Waals surface area contributed by atoms with E-state index in [1.54, 1.807) is 12.0 Å². The van der Waals surface area contributed by atoms with Crippen molar-refractivity contribution in [2.75, 3.05) is 51.4 Å². The molecule has 2 heterocycles. The summed E-state index contributed by atoms with van der Waals surface area (Å²) in [6, 6.07) is 2.17. The number of rotatable bonds is 3. The molecule has 0 bridgehead atoms. The summed E-state index contributed by atoms with van der Waals surface area (Å²) in [6.07, 6.45) is 1.18. The standard InChI is InChI=1S/C20H29ClN2O4/c1-20(2,3)27-19(24)23-7-5-14-13-16-18(17(21)15(14)6-8-23)26-12-10-22(16)9-11-25-4/h13H,5-12H2,1-4H3. The van der Waals surface area contributed by atoms with Crippen LogP contribution in [-0.2, 0) is 22.3 Å². The maximum atomic E-state index is 12.5. The number of nitrogens with zero attached hydrogens (tertiary/aromatic N) is 2. The van der Waals surface area contributed by atoms with Crippen molar-refractivity contribution in [3.63, 3.8) is 0 Å². The minimum atomic E-state index is -0.497. The SMILES string of the molecule is COCCN1CCOc2c1cc1c(c2Cl)CCN(C(=O)OC(C)(C)C)CC1. The lowest BCUT2D eigenvalue weighted by atomic mass is 10.00. The average Bonchev–Trinajstić information content (AvgIpc) is 2.82. The van der Waals surface area contributed by atoms with E-state index in [4.69, 9.17) is 25.8 Å². The average molecular weight is 397 g/mol. The van der Waals surface area contributed by atoms with Crippen molar-refractivity contribution >= 4 is 23.4 Å². The molecule has 0 unspecified atom stereocenters. The largest absolute Gasteiger partial charge is 0.488 e. The highest BCUT2D eigenvalue weighted by atomic mass is 35.5. The second-order valence-corrected chi connectivity index (χ2v) is 8.35. The topological polar surface area (TPSA) is 51.2 Å². The number of ether oxygens (including phenoxy) is 3. The Bertz CT molecular complexity index is 702. The highest BCUT2D eigenvalue weighted by molar-refractivity contribution is 6.33. The van der Waals surface area contributed by atoms with Crippen LogP contribution in [-0.4, -0.2) is 63.1 Å². The first kappa shape index (κ1) is 20.1. The lowest BCUT2D eigenvalue weighted by Crippen LogP contribution is -2.38. The van der Waals surface area contributed by atoms with E-state index in [9.17, 15) is 4.79 Å². The predicted octanol–water partition coefficient (Wildman–Crippen LogP) is 3.52. The number of hydrogen-bond acceptors (Lipinski definition) is 5. The summed E-state index contributed by atoms with van der Waals surface area (Å²) >= 11 is 6.73. The predicted molar refractivity (Wildman–Crippen MR) is 106 cm³/mol. The number of amides is 1. The third-order valence-corrected chi connectivity index (χ3v) is 5.24. The van der Waals surface area contributed by atoms with E-state index < -0.39 is 5.60 Å². The Morgan fingerprint density at radius 3 is 2.70 bits per heavy atom. The molecule has 1 aromatic carbocycles. The molecule has 6 nitrogen and oxygen atoms in total. The quantitative estimate of drug-likeness (QED) is 0.782. The molecular weight excluding hydrogens is 368 g/mol. The van der Waals surface area contributed by atoms with Gasteiger partial charge in [-0.05, 0) is 50.8 Å². The van der Waals surface area contributed by atoms with Crippen molar-refractivity contribution in [1.82, 2.24) is 4.90 Å². The Balaban J connectivity index is 1.82. The molecule has 3 rings (SSSR count). The lowest BCUT2D eigenvalue weighted by molar-refractivity contribution is 0.0258. The van der Waals surface area contributed by atoms with Crippen LogP contribution in [0.5, 0.6) is 5.75 Å². The number of halogens is 1. The molecule has 0 aliphatic carbocycles. The van der Waals surface area contributed by atoms with Gasteiger partial charge in [0.15, 0.2) is 5.75 Å². The van der Waals surface area contributed by atoms with Crippen molar-refractivity contribution in [2.45, 2.75) is 39.2 Å². The van der Waals surface area contributed by atoms with Gasteiger partial charge in [-0.25, -0.2) is 4.79 Å². The second kappa shape index (κ2) is 8.15. The number of anilines is 1. The van der Waals surface area contributed by atoms with Gasteiger partial charge in [-0.15, -0.1) is 0 Å². The molecule has 2 aliphatic rings. The van der Waals surface area contributed by atoms with Crippen LogP contribution in [0.3, 0.4) is 0 Å². The van der Waals surface area contributed by atoms with Gasteiger partial charge in [-0.2, -0.15) is 0 Å². The van der Waals surface area contributed by atoms with Gasteiger partial charge in [-0.3, -0.25) is 0 Å². The van der Waals surface area contributed by atoms with Crippen LogP contribution in [0.2, 0.25) is 5.02 Å². The minimum absolute atomic E-state index is 0.269. The minimum Gasteiger partial charge on any atom is -0.488 e. The second-order valence-electron chi connectivity index (χ2n) is 7.97. The fourth-order valence-corrected chi connectivity index (χ4v) is 3.88. The zero-order chi connectivity index (χ0) is 19.6. The van der Waals surface area contributed by atoms with Gasteiger partial charge in [0.05, 0.1) is 23.9 Å². The van der Waals surface area contributed by atoms with Crippen molar-refractivity contribution in [3.05, 3.63) is 22.2 Å². The summed E-state index contributed by atoms with van der Waals surface area (Å²) in [5, 5.41) is 0.677. The van der Waals surface area contributed by atoms with Gasteiger partial charge < -0.3 is 24.0 Å². The van der Waals surface area contributed by atoms with Gasteiger partial charge in [0.1, 0.15) is 12.2 Å². The van der Waals surface area contributed by atoms with E-state index in [1.165, 1.54) is 5.56 Å². The summed E-state index contributed by atoms with van der Waals surface area (Å²) in [5.74, 6) is 0.753. The van der Waals surface area contributed by atoms with E-state index in [0.29, 0.717) is 37.7 Å². The molecule has 0 N–H and O–H groups in total. The van der Waals surface area contributed by atoms with Crippen molar-refractivity contribution in [2.24, 2.45) is 0 Å². The normalized spacial score (nSPS) is 16.9. The van der Waals surface area contributed by atoms with E-state index in [-0.39, 0.29) is 6.09 Å². The smallest absolute Gasteiger partial charge is 0.410 e. The molecule has 0 aromatic heterocycles. The molecule has 0 radical (unpaired) electrons. The first-order valence-electron chi connectivity index (χ1n) is 9.49. The van der Waals surface area contributed by atoms with Crippen LogP contribution >= 0.6 is 11.6 Å². The van der Waals surface area contributed by atoms with Crippen LogP contribution < -0.4 is 9.64 Å². The number of benzene rings is 1. The summed E-state index contributed by atoms with van der Waals surface area (Å²) < 4.78 is 16.7. The molecule has 0 saturated heterocycles. The lowest BCUT2D eigenvalue weighted by Gasteiger charge is -2.33. The van der Waals surface area contributed by atoms with E-state index >= 15 is 0 Å². The summed E-state index contributed by atoms with van der Waals surface area (Å²) in [5.41, 5.74) is 2.78. The Labute approximate surface area is 166 Å². The van der Waals surface area contributed by atoms with Crippen LogP contribution in [0.15, 0.2) is 6.07 Å². The molecule has 0 atom stereocenters. The number of hydrogen-bond donors (Lipinski definition) is 0. The van der Waals surface area contributed by atoms with Crippen molar-refractivity contribution in [3.8, 4) is 5.75 Å². The molecular formula is C20H29ClN2O4. The Morgan fingerprint density at radius 2 is 2.00 bits per heavy atom. The Morgan fingerprint density at radius 1 is 1.26 bits per heavy atom. The maximum Gasteiger partial charge on any atom is 0.410 e. The third-order valence-electron chi connectivity index (χ3n) is 4.84. The summed E-state index contributed by atoms with van der Waals surface area (Å²) in [4.78, 5) is 16.5. The third kappa shape index (κ3) is 4.61. The molecule has 1 aromatic rings. The maximum absolute atomic E-state index is 12.5. The Hall–Kier alpha value is -1.66. The fraction of sp³-hybridized carbons (Fsp3) is 0.650. The zero-order valence-corrected chi connectivity index (χ0v) is 17.4. The Kier molecular flexibility index (Phi) is 6.06. The van der Waals surface area contributed by atoms with Crippen LogP contribution in [0.1, 0.15) is 31.9 Å². The van der Waals surface area contributed by atoms with Crippen LogP contribution in [0.4, 0.5) is 10.5 Å². The van der Waals surface area contributed by atoms with E-state index in [1.807, 2.05) is 20.8 Å². The van der Waals surface area contributed by atoms with Crippen molar-refractivity contribution in [1.29, 1.82) is 0 Å². The van der Waals surface area contributed by atoms with Crippen molar-refractivity contribution < 1.29 is 19.0 Å². The highest BCUT2D eigenvalue weighted by Crippen LogP contribution is 2.43. The fourth-order valence-electron chi connectivity index (χ4n) is 3.51. The molecule has 2 aliphatic heterocycles. The van der Waals surface area contributed by atoms with E-state index in [0.717, 1.165) is 36.5 Å². The van der Waals surface area contributed by atoms with Crippen LogP contribution in [0, 0.1) is 0 Å². The monoisotopic (exact) mass is 396 g/mol.